The van der Waals surface area contributed by atoms with Crippen molar-refractivity contribution < 1.29 is 4.39 Å². The SMILES string of the molecule is CCNC(=NCc1ccccn1)NC1CC1c1ccccc1F.I. The smallest absolute Gasteiger partial charge is 0.191 e. The molecule has 24 heavy (non-hydrogen) atoms. The van der Waals surface area contributed by atoms with Crippen LogP contribution in [0, 0.1) is 5.82 Å². The molecule has 3 rings (SSSR count). The third-order valence-electron chi connectivity index (χ3n) is 3.89. The zero-order valence-corrected chi connectivity index (χ0v) is 15.9. The van der Waals surface area contributed by atoms with Gasteiger partial charge in [0.05, 0.1) is 12.2 Å². The molecule has 1 saturated carbocycles. The van der Waals surface area contributed by atoms with Gasteiger partial charge >= 0.3 is 0 Å². The molecule has 1 heterocycles. The highest BCUT2D eigenvalue weighted by molar-refractivity contribution is 14.0. The molecule has 0 spiro atoms. The maximum atomic E-state index is 13.8. The van der Waals surface area contributed by atoms with Crippen LogP contribution in [-0.2, 0) is 6.54 Å². The lowest BCUT2D eigenvalue weighted by atomic mass is 10.1. The first-order valence-electron chi connectivity index (χ1n) is 7.97. The monoisotopic (exact) mass is 440 g/mol. The average Bonchev–Trinajstić information content (AvgIpc) is 3.33. The molecule has 1 aromatic heterocycles. The number of pyridine rings is 1. The minimum atomic E-state index is -0.128. The lowest BCUT2D eigenvalue weighted by Gasteiger charge is -2.11. The summed E-state index contributed by atoms with van der Waals surface area (Å²) in [5.74, 6) is 0.842. The molecule has 2 aromatic rings. The predicted molar refractivity (Wildman–Crippen MR) is 105 cm³/mol. The number of rotatable bonds is 5. The average molecular weight is 440 g/mol. The molecule has 1 aliphatic rings. The molecular formula is C18H22FIN4. The number of aliphatic imine (C=N–C) groups is 1. The molecule has 2 N–H and O–H groups in total. The number of aromatic nitrogens is 1. The first-order valence-corrected chi connectivity index (χ1v) is 7.97. The third kappa shape index (κ3) is 4.90. The summed E-state index contributed by atoms with van der Waals surface area (Å²) in [7, 11) is 0. The van der Waals surface area contributed by atoms with Crippen molar-refractivity contribution in [1.29, 1.82) is 0 Å². The van der Waals surface area contributed by atoms with E-state index in [1.165, 1.54) is 6.07 Å². The van der Waals surface area contributed by atoms with Crippen LogP contribution < -0.4 is 10.6 Å². The largest absolute Gasteiger partial charge is 0.357 e. The predicted octanol–water partition coefficient (Wildman–Crippen LogP) is 3.45. The van der Waals surface area contributed by atoms with Crippen molar-refractivity contribution in [3.05, 3.63) is 65.7 Å². The summed E-state index contributed by atoms with van der Waals surface area (Å²) in [6.07, 6.45) is 2.69. The van der Waals surface area contributed by atoms with Gasteiger partial charge in [-0.15, -0.1) is 24.0 Å². The maximum Gasteiger partial charge on any atom is 0.191 e. The Kier molecular flexibility index (Phi) is 6.96. The van der Waals surface area contributed by atoms with Gasteiger partial charge in [0.2, 0.25) is 0 Å². The van der Waals surface area contributed by atoms with Crippen LogP contribution in [0.2, 0.25) is 0 Å². The quantitative estimate of drug-likeness (QED) is 0.426. The summed E-state index contributed by atoms with van der Waals surface area (Å²) < 4.78 is 13.8. The van der Waals surface area contributed by atoms with Crippen LogP contribution in [0.4, 0.5) is 4.39 Å². The molecule has 1 aliphatic carbocycles. The van der Waals surface area contributed by atoms with Crippen LogP contribution in [0.5, 0.6) is 0 Å². The molecule has 0 radical (unpaired) electrons. The number of nitrogens with one attached hydrogen (secondary N) is 2. The second kappa shape index (κ2) is 8.96. The second-order valence-electron chi connectivity index (χ2n) is 5.63. The summed E-state index contributed by atoms with van der Waals surface area (Å²) in [6, 6.07) is 13.0. The molecule has 0 bridgehead atoms. The maximum absolute atomic E-state index is 13.8. The van der Waals surface area contributed by atoms with Gasteiger partial charge < -0.3 is 10.6 Å². The fourth-order valence-corrected chi connectivity index (χ4v) is 2.62. The number of guanidine groups is 1. The molecule has 1 aromatic carbocycles. The number of benzene rings is 1. The van der Waals surface area contributed by atoms with Gasteiger partial charge in [0.1, 0.15) is 5.82 Å². The van der Waals surface area contributed by atoms with Crippen molar-refractivity contribution in [3.8, 4) is 0 Å². The molecule has 2 unspecified atom stereocenters. The molecule has 0 aliphatic heterocycles. The molecule has 0 amide bonds. The van der Waals surface area contributed by atoms with Crippen LogP contribution in [0.15, 0.2) is 53.7 Å². The molecule has 0 saturated heterocycles. The fraction of sp³-hybridized carbons (Fsp3) is 0.333. The van der Waals surface area contributed by atoms with Gasteiger partial charge in [0.15, 0.2) is 5.96 Å². The van der Waals surface area contributed by atoms with Crippen molar-refractivity contribution in [3.63, 3.8) is 0 Å². The Balaban J connectivity index is 0.00000208. The lowest BCUT2D eigenvalue weighted by molar-refractivity contribution is 0.607. The van der Waals surface area contributed by atoms with Crippen LogP contribution in [-0.4, -0.2) is 23.5 Å². The van der Waals surface area contributed by atoms with Crippen molar-refractivity contribution in [2.45, 2.75) is 31.8 Å². The van der Waals surface area contributed by atoms with Crippen molar-refractivity contribution in [2.24, 2.45) is 4.99 Å². The van der Waals surface area contributed by atoms with E-state index in [1.54, 1.807) is 12.3 Å². The zero-order valence-electron chi connectivity index (χ0n) is 13.6. The highest BCUT2D eigenvalue weighted by Crippen LogP contribution is 2.41. The minimum Gasteiger partial charge on any atom is -0.357 e. The fourth-order valence-electron chi connectivity index (χ4n) is 2.62. The van der Waals surface area contributed by atoms with Crippen LogP contribution in [0.25, 0.3) is 0 Å². The van der Waals surface area contributed by atoms with Crippen molar-refractivity contribution in [1.82, 2.24) is 15.6 Å². The number of nitrogens with zero attached hydrogens (tertiary/aromatic N) is 2. The van der Waals surface area contributed by atoms with E-state index < -0.39 is 0 Å². The third-order valence-corrected chi connectivity index (χ3v) is 3.89. The zero-order chi connectivity index (χ0) is 16.1. The Morgan fingerprint density at radius 3 is 2.75 bits per heavy atom. The summed E-state index contributed by atoms with van der Waals surface area (Å²) in [4.78, 5) is 8.82. The van der Waals surface area contributed by atoms with Gasteiger partial charge in [-0.25, -0.2) is 9.38 Å². The van der Waals surface area contributed by atoms with E-state index in [2.05, 4.69) is 20.6 Å². The summed E-state index contributed by atoms with van der Waals surface area (Å²) >= 11 is 0. The summed E-state index contributed by atoms with van der Waals surface area (Å²) in [6.45, 7) is 3.33. The van der Waals surface area contributed by atoms with Crippen LogP contribution in [0.1, 0.15) is 30.5 Å². The second-order valence-corrected chi connectivity index (χ2v) is 5.63. The number of halogens is 2. The van der Waals surface area contributed by atoms with Gasteiger partial charge in [-0.1, -0.05) is 24.3 Å². The number of hydrogen-bond donors (Lipinski definition) is 2. The molecule has 2 atom stereocenters. The lowest BCUT2D eigenvalue weighted by Crippen LogP contribution is -2.39. The van der Waals surface area contributed by atoms with Crippen molar-refractivity contribution in [2.75, 3.05) is 6.54 Å². The van der Waals surface area contributed by atoms with E-state index in [0.717, 1.165) is 30.2 Å². The Labute approximate surface area is 159 Å². The van der Waals surface area contributed by atoms with Crippen molar-refractivity contribution >= 4 is 29.9 Å². The highest BCUT2D eigenvalue weighted by Gasteiger charge is 2.40. The standard InChI is InChI=1S/C18H21FN4.HI/c1-2-20-18(22-12-13-7-5-6-10-21-13)23-17-11-15(17)14-8-3-4-9-16(14)19;/h3-10,15,17H,2,11-12H2,1H3,(H2,20,22,23);1H. The molecular weight excluding hydrogens is 418 g/mol. The van der Waals surface area contributed by atoms with Gasteiger partial charge in [-0.2, -0.15) is 0 Å². The molecule has 128 valence electrons. The van der Waals surface area contributed by atoms with E-state index in [0.29, 0.717) is 6.54 Å². The molecule has 4 nitrogen and oxygen atoms in total. The Hall–Kier alpha value is -1.70. The van der Waals surface area contributed by atoms with E-state index in [4.69, 9.17) is 0 Å². The van der Waals surface area contributed by atoms with Gasteiger partial charge in [-0.3, -0.25) is 4.98 Å². The van der Waals surface area contributed by atoms with Gasteiger partial charge in [0, 0.05) is 24.7 Å². The Morgan fingerprint density at radius 1 is 1.25 bits per heavy atom. The summed E-state index contributed by atoms with van der Waals surface area (Å²) in [5.41, 5.74) is 1.71. The topological polar surface area (TPSA) is 49.3 Å². The molecule has 6 heteroatoms. The minimum absolute atomic E-state index is 0. The van der Waals surface area contributed by atoms with Crippen LogP contribution >= 0.6 is 24.0 Å². The molecule has 1 fully saturated rings. The highest BCUT2D eigenvalue weighted by atomic mass is 127. The Bertz CT molecular complexity index is 678. The first kappa shape index (κ1) is 18.6. The van der Waals surface area contributed by atoms with E-state index in [9.17, 15) is 4.39 Å². The van der Waals surface area contributed by atoms with E-state index in [-0.39, 0.29) is 41.8 Å². The van der Waals surface area contributed by atoms with Crippen LogP contribution in [0.3, 0.4) is 0 Å². The normalized spacial score (nSPS) is 19.3. The first-order chi connectivity index (χ1) is 11.3. The number of hydrogen-bond acceptors (Lipinski definition) is 2. The van der Waals surface area contributed by atoms with E-state index >= 15 is 0 Å². The van der Waals surface area contributed by atoms with E-state index in [1.807, 2.05) is 37.3 Å². The summed E-state index contributed by atoms with van der Waals surface area (Å²) in [5, 5.41) is 6.61. The van der Waals surface area contributed by atoms with Gasteiger partial charge in [0.25, 0.3) is 0 Å². The van der Waals surface area contributed by atoms with Gasteiger partial charge in [-0.05, 0) is 37.1 Å². The Morgan fingerprint density at radius 2 is 2.04 bits per heavy atom.